The molecule has 1 aliphatic rings. The molecule has 0 aromatic heterocycles. The summed E-state index contributed by atoms with van der Waals surface area (Å²) in [5, 5.41) is 14.4. The number of methoxy groups -OCH3 is 1. The van der Waals surface area contributed by atoms with Crippen LogP contribution >= 0.6 is 0 Å². The number of carboxylic acid groups (broad SMARTS) is 1. The maximum absolute atomic E-state index is 12.5. The Morgan fingerprint density at radius 1 is 1.21 bits per heavy atom. The Kier molecular flexibility index (Phi) is 5.78. The largest absolute Gasteiger partial charge is 0.495 e. The van der Waals surface area contributed by atoms with Crippen molar-refractivity contribution in [3.05, 3.63) is 23.8 Å². The first-order valence-electron chi connectivity index (χ1n) is 7.90. The van der Waals surface area contributed by atoms with E-state index in [4.69, 9.17) is 9.84 Å². The van der Waals surface area contributed by atoms with Crippen LogP contribution in [0.15, 0.2) is 18.2 Å². The minimum absolute atomic E-state index is 0.242. The number of nitrogens with one attached hydrogen (secondary N) is 2. The zero-order chi connectivity index (χ0) is 17.7. The van der Waals surface area contributed by atoms with Gasteiger partial charge in [0.15, 0.2) is 0 Å². The lowest BCUT2D eigenvalue weighted by Gasteiger charge is -2.26. The van der Waals surface area contributed by atoms with E-state index in [0.717, 1.165) is 0 Å². The van der Waals surface area contributed by atoms with E-state index in [1.165, 1.54) is 14.2 Å². The van der Waals surface area contributed by atoms with Gasteiger partial charge in [0.25, 0.3) is 5.91 Å². The third-order valence-corrected chi connectivity index (χ3v) is 4.34. The van der Waals surface area contributed by atoms with E-state index in [9.17, 15) is 14.4 Å². The molecule has 1 saturated carbocycles. The molecule has 3 N–H and O–H groups in total. The normalized spacial score (nSPS) is 20.1. The van der Waals surface area contributed by atoms with Gasteiger partial charge < -0.3 is 20.5 Å². The number of carboxylic acids is 1. The molecule has 0 heterocycles. The zero-order valence-corrected chi connectivity index (χ0v) is 13.8. The van der Waals surface area contributed by atoms with E-state index in [1.54, 1.807) is 18.2 Å². The Hall–Kier alpha value is -2.57. The van der Waals surface area contributed by atoms with Crippen molar-refractivity contribution in [2.75, 3.05) is 19.5 Å². The summed E-state index contributed by atoms with van der Waals surface area (Å²) in [6, 6.07) is 4.77. The summed E-state index contributed by atoms with van der Waals surface area (Å²) in [6.45, 7) is 0. The van der Waals surface area contributed by atoms with Gasteiger partial charge in [0.2, 0.25) is 5.91 Å². The smallest absolute Gasteiger partial charge is 0.306 e. The topological polar surface area (TPSA) is 105 Å². The third-order valence-electron chi connectivity index (χ3n) is 4.34. The van der Waals surface area contributed by atoms with E-state index in [-0.39, 0.29) is 17.7 Å². The van der Waals surface area contributed by atoms with E-state index in [1.807, 2.05) is 0 Å². The van der Waals surface area contributed by atoms with Crippen molar-refractivity contribution in [3.8, 4) is 5.75 Å². The van der Waals surface area contributed by atoms with Crippen LogP contribution in [0.4, 0.5) is 5.69 Å². The SMILES string of the molecule is CNC(=O)c1ccc(OC)c(NC(=O)C2CCCC(C(=O)O)C2)c1. The van der Waals surface area contributed by atoms with E-state index in [2.05, 4.69) is 10.6 Å². The van der Waals surface area contributed by atoms with Gasteiger partial charge in [-0.1, -0.05) is 6.42 Å². The van der Waals surface area contributed by atoms with Gasteiger partial charge in [0.1, 0.15) is 5.75 Å². The van der Waals surface area contributed by atoms with E-state index >= 15 is 0 Å². The Morgan fingerprint density at radius 2 is 1.92 bits per heavy atom. The van der Waals surface area contributed by atoms with Crippen molar-refractivity contribution in [1.29, 1.82) is 0 Å². The fourth-order valence-electron chi connectivity index (χ4n) is 2.98. The van der Waals surface area contributed by atoms with Crippen LogP contribution < -0.4 is 15.4 Å². The zero-order valence-electron chi connectivity index (χ0n) is 13.8. The maximum atomic E-state index is 12.5. The highest BCUT2D eigenvalue weighted by Gasteiger charge is 2.31. The second kappa shape index (κ2) is 7.81. The summed E-state index contributed by atoms with van der Waals surface area (Å²) >= 11 is 0. The van der Waals surface area contributed by atoms with Crippen LogP contribution in [0.25, 0.3) is 0 Å². The average molecular weight is 334 g/mol. The molecule has 0 radical (unpaired) electrons. The standard InChI is InChI=1S/C17H22N2O5/c1-18-15(20)11-6-7-14(24-2)13(9-11)19-16(21)10-4-3-5-12(8-10)17(22)23/h6-7,9-10,12H,3-5,8H2,1-2H3,(H,18,20)(H,19,21)(H,22,23). The molecule has 0 spiro atoms. The number of hydrogen-bond acceptors (Lipinski definition) is 4. The van der Waals surface area contributed by atoms with Crippen molar-refractivity contribution in [2.24, 2.45) is 11.8 Å². The number of aliphatic carboxylic acids is 1. The van der Waals surface area contributed by atoms with Gasteiger partial charge in [0, 0.05) is 18.5 Å². The van der Waals surface area contributed by atoms with Gasteiger partial charge >= 0.3 is 5.97 Å². The molecular weight excluding hydrogens is 312 g/mol. The highest BCUT2D eigenvalue weighted by molar-refractivity contribution is 5.99. The Bertz CT molecular complexity index is 644. The lowest BCUT2D eigenvalue weighted by molar-refractivity contribution is -0.143. The molecule has 24 heavy (non-hydrogen) atoms. The molecule has 1 aromatic rings. The molecule has 0 saturated heterocycles. The van der Waals surface area contributed by atoms with Crippen LogP contribution in [0.1, 0.15) is 36.0 Å². The number of carbonyl (C=O) groups is 3. The summed E-state index contributed by atoms with van der Waals surface area (Å²) in [5.74, 6) is -1.75. The lowest BCUT2D eigenvalue weighted by atomic mass is 9.81. The molecule has 7 heteroatoms. The number of benzene rings is 1. The van der Waals surface area contributed by atoms with E-state index in [0.29, 0.717) is 42.7 Å². The predicted octanol–water partition coefficient (Wildman–Crippen LogP) is 1.88. The van der Waals surface area contributed by atoms with Gasteiger partial charge in [-0.05, 0) is 37.5 Å². The minimum Gasteiger partial charge on any atom is -0.495 e. The van der Waals surface area contributed by atoms with Crippen molar-refractivity contribution < 1.29 is 24.2 Å². The highest BCUT2D eigenvalue weighted by Crippen LogP contribution is 2.32. The van der Waals surface area contributed by atoms with Crippen LogP contribution in [0, 0.1) is 11.8 Å². The van der Waals surface area contributed by atoms with Gasteiger partial charge in [-0.25, -0.2) is 0 Å². The molecule has 1 aliphatic carbocycles. The lowest BCUT2D eigenvalue weighted by Crippen LogP contribution is -2.31. The Balaban J connectivity index is 2.15. The molecule has 2 rings (SSSR count). The number of anilines is 1. The van der Waals surface area contributed by atoms with Crippen LogP contribution in [-0.4, -0.2) is 37.0 Å². The first-order valence-corrected chi connectivity index (χ1v) is 7.90. The molecule has 0 aliphatic heterocycles. The molecule has 1 fully saturated rings. The van der Waals surface area contributed by atoms with Crippen LogP contribution in [0.2, 0.25) is 0 Å². The van der Waals surface area contributed by atoms with E-state index < -0.39 is 11.9 Å². The number of rotatable bonds is 5. The van der Waals surface area contributed by atoms with Crippen molar-refractivity contribution >= 4 is 23.5 Å². The van der Waals surface area contributed by atoms with Gasteiger partial charge in [-0.15, -0.1) is 0 Å². The number of amides is 2. The monoisotopic (exact) mass is 334 g/mol. The van der Waals surface area contributed by atoms with Gasteiger partial charge in [0.05, 0.1) is 18.7 Å². The van der Waals surface area contributed by atoms with Crippen LogP contribution in [-0.2, 0) is 9.59 Å². The van der Waals surface area contributed by atoms with Gasteiger partial charge in [-0.2, -0.15) is 0 Å². The third kappa shape index (κ3) is 4.04. The predicted molar refractivity (Wildman–Crippen MR) is 88.1 cm³/mol. The number of carbonyl (C=O) groups excluding carboxylic acids is 2. The Morgan fingerprint density at radius 3 is 2.54 bits per heavy atom. The maximum Gasteiger partial charge on any atom is 0.306 e. The molecule has 2 amide bonds. The van der Waals surface area contributed by atoms with Crippen LogP contribution in [0.5, 0.6) is 5.75 Å². The molecule has 2 unspecified atom stereocenters. The molecule has 0 bridgehead atoms. The quantitative estimate of drug-likeness (QED) is 0.762. The first kappa shape index (κ1) is 17.8. The summed E-state index contributed by atoms with van der Waals surface area (Å²) < 4.78 is 5.22. The van der Waals surface area contributed by atoms with Gasteiger partial charge in [-0.3, -0.25) is 14.4 Å². The van der Waals surface area contributed by atoms with Crippen LogP contribution in [0.3, 0.4) is 0 Å². The number of ether oxygens (including phenoxy) is 1. The fourth-order valence-corrected chi connectivity index (χ4v) is 2.98. The molecule has 130 valence electrons. The molecule has 1 aromatic carbocycles. The second-order valence-electron chi connectivity index (χ2n) is 5.88. The Labute approximate surface area is 140 Å². The summed E-state index contributed by atoms with van der Waals surface area (Å²) in [4.78, 5) is 35.4. The van der Waals surface area contributed by atoms with Crippen molar-refractivity contribution in [2.45, 2.75) is 25.7 Å². The number of hydrogen-bond donors (Lipinski definition) is 3. The summed E-state index contributed by atoms with van der Waals surface area (Å²) in [5.41, 5.74) is 0.807. The minimum atomic E-state index is -0.855. The average Bonchev–Trinajstić information content (AvgIpc) is 2.60. The molecular formula is C17H22N2O5. The summed E-state index contributed by atoms with van der Waals surface area (Å²) in [6.07, 6.45) is 2.31. The fraction of sp³-hybridized carbons (Fsp3) is 0.471. The molecule has 2 atom stereocenters. The highest BCUT2D eigenvalue weighted by atomic mass is 16.5. The molecule has 7 nitrogen and oxygen atoms in total. The van der Waals surface area contributed by atoms with Crippen molar-refractivity contribution in [1.82, 2.24) is 5.32 Å². The summed E-state index contributed by atoms with van der Waals surface area (Å²) in [7, 11) is 3.00. The first-order chi connectivity index (χ1) is 11.5. The second-order valence-corrected chi connectivity index (χ2v) is 5.88. The van der Waals surface area contributed by atoms with Crippen molar-refractivity contribution in [3.63, 3.8) is 0 Å².